The Labute approximate surface area is 157 Å². The zero-order valence-corrected chi connectivity index (χ0v) is 15.7. The number of carbonyl (C=O) groups is 2. The average molecular weight is 428 g/mol. The first-order chi connectivity index (χ1) is 12.3. The lowest BCUT2D eigenvalue weighted by atomic mass is 10.0. The summed E-state index contributed by atoms with van der Waals surface area (Å²) in [5.41, 5.74) is 1.52. The predicted molar refractivity (Wildman–Crippen MR) is 96.8 cm³/mol. The summed E-state index contributed by atoms with van der Waals surface area (Å²) in [6.07, 6.45) is -0.807. The lowest BCUT2D eigenvalue weighted by Gasteiger charge is -2.40. The van der Waals surface area contributed by atoms with Crippen molar-refractivity contribution in [1.82, 2.24) is 14.8 Å². The third kappa shape index (κ3) is 3.28. The van der Waals surface area contributed by atoms with Crippen LogP contribution in [0.1, 0.15) is 22.5 Å². The van der Waals surface area contributed by atoms with Crippen LogP contribution in [0.2, 0.25) is 0 Å². The van der Waals surface area contributed by atoms with Crippen molar-refractivity contribution in [3.05, 3.63) is 33.7 Å². The standard InChI is InChI=1S/C17H19BrFN3O4/c1-9-6-11-14(18)13(19)7-12(15(11)20-9)16(24)22-4-3-21(17(25)26)8-10(22)2-5-23/h6-7,10,20,23H,2-5,8H2,1H3,(H,25,26)/t10-/m0/s1. The van der Waals surface area contributed by atoms with Gasteiger partial charge in [-0.3, -0.25) is 4.79 Å². The number of fused-ring (bicyclic) bond motifs is 1. The van der Waals surface area contributed by atoms with Crippen molar-refractivity contribution in [2.24, 2.45) is 0 Å². The Morgan fingerprint density at radius 2 is 2.12 bits per heavy atom. The first-order valence-corrected chi connectivity index (χ1v) is 8.99. The van der Waals surface area contributed by atoms with Crippen LogP contribution >= 0.6 is 15.9 Å². The first-order valence-electron chi connectivity index (χ1n) is 8.20. The molecule has 0 radical (unpaired) electrons. The Bertz CT molecular complexity index is 869. The molecule has 1 aliphatic rings. The summed E-state index contributed by atoms with van der Waals surface area (Å²) in [5, 5.41) is 19.0. The number of aryl methyl sites for hydroxylation is 1. The van der Waals surface area contributed by atoms with Gasteiger partial charge in [-0.2, -0.15) is 0 Å². The molecule has 26 heavy (non-hydrogen) atoms. The van der Waals surface area contributed by atoms with Crippen molar-refractivity contribution < 1.29 is 24.2 Å². The Morgan fingerprint density at radius 1 is 1.38 bits per heavy atom. The fraction of sp³-hybridized carbons (Fsp3) is 0.412. The quantitative estimate of drug-likeness (QED) is 0.700. The van der Waals surface area contributed by atoms with Crippen molar-refractivity contribution in [1.29, 1.82) is 0 Å². The molecule has 1 aromatic carbocycles. The lowest BCUT2D eigenvalue weighted by molar-refractivity contribution is 0.0399. The molecule has 140 valence electrons. The number of aromatic amines is 1. The van der Waals surface area contributed by atoms with E-state index < -0.39 is 18.0 Å². The van der Waals surface area contributed by atoms with Crippen LogP contribution in [0, 0.1) is 12.7 Å². The number of hydrogen-bond donors (Lipinski definition) is 3. The van der Waals surface area contributed by atoms with Gasteiger partial charge in [0.05, 0.1) is 21.6 Å². The van der Waals surface area contributed by atoms with Gasteiger partial charge in [0.2, 0.25) is 0 Å². The van der Waals surface area contributed by atoms with Crippen LogP contribution in [0.3, 0.4) is 0 Å². The lowest BCUT2D eigenvalue weighted by Crippen LogP contribution is -2.56. The highest BCUT2D eigenvalue weighted by Crippen LogP contribution is 2.31. The molecule has 9 heteroatoms. The van der Waals surface area contributed by atoms with Crippen molar-refractivity contribution in [2.75, 3.05) is 26.2 Å². The van der Waals surface area contributed by atoms with Crippen LogP contribution < -0.4 is 0 Å². The van der Waals surface area contributed by atoms with E-state index >= 15 is 0 Å². The number of carbonyl (C=O) groups excluding carboxylic acids is 1. The number of piperazine rings is 1. The fourth-order valence-corrected chi connectivity index (χ4v) is 3.81. The molecule has 0 aliphatic carbocycles. The van der Waals surface area contributed by atoms with Crippen LogP contribution in [-0.2, 0) is 0 Å². The minimum Gasteiger partial charge on any atom is -0.465 e. The molecule has 3 N–H and O–H groups in total. The van der Waals surface area contributed by atoms with Gasteiger partial charge in [0.1, 0.15) is 5.82 Å². The van der Waals surface area contributed by atoms with E-state index in [2.05, 4.69) is 20.9 Å². The number of benzene rings is 1. The molecule has 2 amide bonds. The van der Waals surface area contributed by atoms with Gasteiger partial charge in [-0.05, 0) is 41.4 Å². The Kier molecular flexibility index (Phi) is 5.19. The normalized spacial score (nSPS) is 17.8. The van der Waals surface area contributed by atoms with Crippen molar-refractivity contribution in [3.8, 4) is 0 Å². The monoisotopic (exact) mass is 427 g/mol. The van der Waals surface area contributed by atoms with Gasteiger partial charge in [0, 0.05) is 37.3 Å². The summed E-state index contributed by atoms with van der Waals surface area (Å²) in [6.45, 7) is 2.13. The number of halogens is 2. The molecule has 2 aromatic rings. The Balaban J connectivity index is 1.99. The van der Waals surface area contributed by atoms with Gasteiger partial charge >= 0.3 is 6.09 Å². The van der Waals surface area contributed by atoms with Gasteiger partial charge in [0.25, 0.3) is 5.91 Å². The molecule has 1 saturated heterocycles. The van der Waals surface area contributed by atoms with Crippen LogP contribution in [0.5, 0.6) is 0 Å². The zero-order chi connectivity index (χ0) is 19.0. The molecule has 0 unspecified atom stereocenters. The Morgan fingerprint density at radius 3 is 2.77 bits per heavy atom. The van der Waals surface area contributed by atoms with E-state index in [4.69, 9.17) is 0 Å². The van der Waals surface area contributed by atoms with Crippen LogP contribution in [0.15, 0.2) is 16.6 Å². The highest BCUT2D eigenvalue weighted by molar-refractivity contribution is 9.10. The number of amides is 2. The molecule has 0 spiro atoms. The fourth-order valence-electron chi connectivity index (χ4n) is 3.38. The number of nitrogens with zero attached hydrogens (tertiary/aromatic N) is 2. The van der Waals surface area contributed by atoms with Gasteiger partial charge in [0.15, 0.2) is 0 Å². The molecule has 1 aromatic heterocycles. The maximum Gasteiger partial charge on any atom is 0.407 e. The number of hydrogen-bond acceptors (Lipinski definition) is 3. The van der Waals surface area contributed by atoms with Gasteiger partial charge in [-0.1, -0.05) is 0 Å². The largest absolute Gasteiger partial charge is 0.465 e. The smallest absolute Gasteiger partial charge is 0.407 e. The Hall–Kier alpha value is -2.13. The van der Waals surface area contributed by atoms with Crippen LogP contribution in [0.4, 0.5) is 9.18 Å². The highest BCUT2D eigenvalue weighted by Gasteiger charge is 2.33. The van der Waals surface area contributed by atoms with Crippen molar-refractivity contribution in [2.45, 2.75) is 19.4 Å². The molecule has 7 nitrogen and oxygen atoms in total. The molecule has 1 atom stereocenters. The number of aliphatic hydroxyl groups excluding tert-OH is 1. The number of H-pyrrole nitrogens is 1. The molecular formula is C17H19BrFN3O4. The predicted octanol–water partition coefficient (Wildman–Crippen LogP) is 2.56. The maximum absolute atomic E-state index is 14.3. The van der Waals surface area contributed by atoms with Gasteiger partial charge in [-0.15, -0.1) is 0 Å². The number of aliphatic hydroxyl groups is 1. The summed E-state index contributed by atoms with van der Waals surface area (Å²) in [6, 6.07) is 2.48. The molecule has 1 aliphatic heterocycles. The van der Waals surface area contributed by atoms with E-state index in [1.807, 2.05) is 6.92 Å². The third-order valence-corrected chi connectivity index (χ3v) is 5.45. The zero-order valence-electron chi connectivity index (χ0n) is 14.1. The van der Waals surface area contributed by atoms with Crippen molar-refractivity contribution in [3.63, 3.8) is 0 Å². The minimum absolute atomic E-state index is 0.119. The van der Waals surface area contributed by atoms with E-state index in [1.165, 1.54) is 15.9 Å². The summed E-state index contributed by atoms with van der Waals surface area (Å²) in [7, 11) is 0. The van der Waals surface area contributed by atoms with Crippen LogP contribution in [0.25, 0.3) is 10.9 Å². The van der Waals surface area contributed by atoms with E-state index in [9.17, 15) is 24.2 Å². The van der Waals surface area contributed by atoms with E-state index in [1.54, 1.807) is 6.07 Å². The number of aromatic nitrogens is 1. The summed E-state index contributed by atoms with van der Waals surface area (Å²) in [5.74, 6) is -0.922. The second kappa shape index (κ2) is 7.24. The minimum atomic E-state index is -1.06. The second-order valence-electron chi connectivity index (χ2n) is 6.35. The molecular weight excluding hydrogens is 409 g/mol. The van der Waals surface area contributed by atoms with E-state index in [-0.39, 0.29) is 48.6 Å². The summed E-state index contributed by atoms with van der Waals surface area (Å²) < 4.78 is 14.6. The summed E-state index contributed by atoms with van der Waals surface area (Å²) >= 11 is 3.21. The highest BCUT2D eigenvalue weighted by atomic mass is 79.9. The van der Waals surface area contributed by atoms with Crippen molar-refractivity contribution >= 4 is 38.8 Å². The topological polar surface area (TPSA) is 96.9 Å². The number of rotatable bonds is 3. The first kappa shape index (κ1) is 18.7. The van der Waals surface area contributed by atoms with E-state index in [0.717, 1.165) is 5.69 Å². The second-order valence-corrected chi connectivity index (χ2v) is 7.15. The third-order valence-electron chi connectivity index (χ3n) is 4.65. The molecule has 0 saturated carbocycles. The number of nitrogens with one attached hydrogen (secondary N) is 1. The molecule has 0 bridgehead atoms. The van der Waals surface area contributed by atoms with Gasteiger partial charge in [-0.25, -0.2) is 9.18 Å². The van der Waals surface area contributed by atoms with E-state index in [0.29, 0.717) is 10.9 Å². The average Bonchev–Trinajstić information content (AvgIpc) is 2.99. The molecule has 2 heterocycles. The molecule has 1 fully saturated rings. The number of carboxylic acid groups (broad SMARTS) is 1. The molecule has 3 rings (SSSR count). The maximum atomic E-state index is 14.3. The SMILES string of the molecule is Cc1cc2c(Br)c(F)cc(C(=O)N3CCN(C(=O)O)C[C@@H]3CCO)c2[nH]1. The summed E-state index contributed by atoms with van der Waals surface area (Å²) in [4.78, 5) is 30.2. The van der Waals surface area contributed by atoms with Gasteiger partial charge < -0.3 is 25.0 Å². The van der Waals surface area contributed by atoms with Crippen LogP contribution in [-0.4, -0.2) is 69.3 Å².